The molecule has 1 aliphatic heterocycles. The van der Waals surface area contributed by atoms with Gasteiger partial charge in [0.2, 0.25) is 5.88 Å². The summed E-state index contributed by atoms with van der Waals surface area (Å²) in [5.41, 5.74) is 2.02. The van der Waals surface area contributed by atoms with Gasteiger partial charge in [-0.2, -0.15) is 4.98 Å². The largest absolute Gasteiger partial charge is 0.494 e. The molecule has 6 nitrogen and oxygen atoms in total. The van der Waals surface area contributed by atoms with Gasteiger partial charge in [0.15, 0.2) is 11.5 Å². The van der Waals surface area contributed by atoms with E-state index in [-0.39, 0.29) is 5.56 Å². The van der Waals surface area contributed by atoms with Crippen molar-refractivity contribution in [2.75, 3.05) is 13.2 Å². The van der Waals surface area contributed by atoms with Crippen molar-refractivity contribution in [3.8, 4) is 34.5 Å². The van der Waals surface area contributed by atoms with Gasteiger partial charge in [-0.15, -0.1) is 0 Å². The number of fused-ring (bicyclic) bond motifs is 2. The van der Waals surface area contributed by atoms with Crippen molar-refractivity contribution in [3.63, 3.8) is 0 Å². The highest BCUT2D eigenvalue weighted by molar-refractivity contribution is 5.59. The van der Waals surface area contributed by atoms with Crippen LogP contribution in [0.3, 0.4) is 0 Å². The maximum Gasteiger partial charge on any atom is 0.258 e. The minimum Gasteiger partial charge on any atom is -0.494 e. The van der Waals surface area contributed by atoms with Crippen LogP contribution >= 0.6 is 0 Å². The third-order valence-corrected chi connectivity index (χ3v) is 4.34. The Hall–Kier alpha value is -3.28. The topological polar surface area (TPSA) is 73.4 Å². The van der Waals surface area contributed by atoms with Crippen molar-refractivity contribution in [2.45, 2.75) is 20.3 Å². The molecule has 1 N–H and O–H groups in total. The smallest absolute Gasteiger partial charge is 0.258 e. The Kier molecular flexibility index (Phi) is 4.54. The van der Waals surface area contributed by atoms with Crippen molar-refractivity contribution in [2.24, 2.45) is 0 Å². The van der Waals surface area contributed by atoms with Gasteiger partial charge < -0.3 is 19.2 Å². The number of benzene rings is 2. The molecular formula is C21H20N2O4. The van der Waals surface area contributed by atoms with Crippen LogP contribution in [0.4, 0.5) is 0 Å². The van der Waals surface area contributed by atoms with E-state index in [1.165, 1.54) is 0 Å². The second-order valence-electron chi connectivity index (χ2n) is 6.11. The average molecular weight is 364 g/mol. The highest BCUT2D eigenvalue weighted by atomic mass is 16.5. The first-order valence-corrected chi connectivity index (χ1v) is 8.98. The minimum atomic E-state index is -0.198. The van der Waals surface area contributed by atoms with Crippen LogP contribution in [0.1, 0.15) is 25.0 Å². The van der Waals surface area contributed by atoms with Gasteiger partial charge >= 0.3 is 0 Å². The molecule has 2 aromatic carbocycles. The predicted molar refractivity (Wildman–Crippen MR) is 102 cm³/mol. The molecule has 6 heteroatoms. The van der Waals surface area contributed by atoms with Crippen LogP contribution in [0.25, 0.3) is 11.4 Å². The lowest BCUT2D eigenvalue weighted by Crippen LogP contribution is -2.20. The number of para-hydroxylation sites is 1. The lowest BCUT2D eigenvalue weighted by atomic mass is 10.0. The predicted octanol–water partition coefficient (Wildman–Crippen LogP) is 3.93. The summed E-state index contributed by atoms with van der Waals surface area (Å²) in [7, 11) is 0. The van der Waals surface area contributed by atoms with Gasteiger partial charge in [-0.3, -0.25) is 4.79 Å². The molecule has 0 saturated heterocycles. The van der Waals surface area contributed by atoms with Crippen molar-refractivity contribution >= 4 is 0 Å². The maximum absolute atomic E-state index is 12.6. The fourth-order valence-electron chi connectivity index (χ4n) is 3.10. The van der Waals surface area contributed by atoms with E-state index >= 15 is 0 Å². The molecule has 0 saturated carbocycles. The first-order chi connectivity index (χ1) is 13.2. The summed E-state index contributed by atoms with van der Waals surface area (Å²) >= 11 is 0. The van der Waals surface area contributed by atoms with Crippen molar-refractivity contribution in [3.05, 3.63) is 63.9 Å². The number of H-pyrrole nitrogens is 1. The molecule has 138 valence electrons. The standard InChI is InChI=1S/C21H20N2O4/c1-3-25-15-10-8-13(9-11-15)19-22-20(24)16-12-14-6-5-7-17(26-4-2)18(14)27-21(16)23-19/h5-11H,3-4,12H2,1-2H3,(H,22,23,24). The van der Waals surface area contributed by atoms with Crippen LogP contribution in [0.5, 0.6) is 23.1 Å². The Morgan fingerprint density at radius 3 is 2.59 bits per heavy atom. The second kappa shape index (κ2) is 7.15. The number of rotatable bonds is 5. The van der Waals surface area contributed by atoms with E-state index in [9.17, 15) is 4.79 Å². The van der Waals surface area contributed by atoms with Crippen molar-refractivity contribution in [1.82, 2.24) is 9.97 Å². The van der Waals surface area contributed by atoms with E-state index in [2.05, 4.69) is 9.97 Å². The Bertz CT molecular complexity index is 1030. The second-order valence-corrected chi connectivity index (χ2v) is 6.11. The molecule has 0 fully saturated rings. The highest BCUT2D eigenvalue weighted by Crippen LogP contribution is 2.40. The van der Waals surface area contributed by atoms with E-state index in [0.29, 0.717) is 48.4 Å². The molecule has 3 aromatic rings. The van der Waals surface area contributed by atoms with Gasteiger partial charge in [0.1, 0.15) is 11.6 Å². The number of ether oxygens (including phenoxy) is 3. The van der Waals surface area contributed by atoms with Crippen LogP contribution in [0.15, 0.2) is 47.3 Å². The molecule has 0 amide bonds. The number of aromatic amines is 1. The molecule has 27 heavy (non-hydrogen) atoms. The zero-order chi connectivity index (χ0) is 18.8. The van der Waals surface area contributed by atoms with Gasteiger partial charge in [-0.1, -0.05) is 12.1 Å². The molecule has 0 radical (unpaired) electrons. The summed E-state index contributed by atoms with van der Waals surface area (Å²) in [4.78, 5) is 20.0. The Labute approximate surface area is 156 Å². The van der Waals surface area contributed by atoms with E-state index < -0.39 is 0 Å². The van der Waals surface area contributed by atoms with Gasteiger partial charge in [-0.05, 0) is 44.2 Å². The van der Waals surface area contributed by atoms with E-state index in [1.807, 2.05) is 56.3 Å². The molecule has 2 heterocycles. The Morgan fingerprint density at radius 1 is 1.07 bits per heavy atom. The first kappa shape index (κ1) is 17.1. The zero-order valence-electron chi connectivity index (χ0n) is 15.2. The quantitative estimate of drug-likeness (QED) is 0.581. The fourth-order valence-corrected chi connectivity index (χ4v) is 3.10. The molecular weight excluding hydrogens is 344 g/mol. The monoisotopic (exact) mass is 364 g/mol. The van der Waals surface area contributed by atoms with E-state index in [4.69, 9.17) is 14.2 Å². The summed E-state index contributed by atoms with van der Waals surface area (Å²) in [5.74, 6) is 2.84. The van der Waals surface area contributed by atoms with Crippen LogP contribution in [0.2, 0.25) is 0 Å². The molecule has 0 bridgehead atoms. The molecule has 0 spiro atoms. The van der Waals surface area contributed by atoms with E-state index in [0.717, 1.165) is 16.9 Å². The van der Waals surface area contributed by atoms with Crippen LogP contribution in [0, 0.1) is 0 Å². The molecule has 4 rings (SSSR count). The summed E-state index contributed by atoms with van der Waals surface area (Å²) < 4.78 is 17.1. The van der Waals surface area contributed by atoms with Crippen molar-refractivity contribution in [1.29, 1.82) is 0 Å². The summed E-state index contributed by atoms with van der Waals surface area (Å²) in [6, 6.07) is 13.1. The van der Waals surface area contributed by atoms with Gasteiger partial charge in [0.05, 0.1) is 18.8 Å². The number of hydrogen-bond acceptors (Lipinski definition) is 5. The van der Waals surface area contributed by atoms with Crippen LogP contribution in [-0.4, -0.2) is 23.2 Å². The third kappa shape index (κ3) is 3.26. The normalized spacial score (nSPS) is 11.9. The molecule has 1 aliphatic rings. The summed E-state index contributed by atoms with van der Waals surface area (Å²) in [6.45, 7) is 4.99. The van der Waals surface area contributed by atoms with Crippen LogP contribution < -0.4 is 19.8 Å². The van der Waals surface area contributed by atoms with Gasteiger partial charge in [-0.25, -0.2) is 0 Å². The molecule has 0 atom stereocenters. The minimum absolute atomic E-state index is 0.198. The number of hydrogen-bond donors (Lipinski definition) is 1. The van der Waals surface area contributed by atoms with Gasteiger partial charge in [0.25, 0.3) is 5.56 Å². The average Bonchev–Trinajstić information content (AvgIpc) is 2.68. The molecule has 0 unspecified atom stereocenters. The Balaban J connectivity index is 1.72. The summed E-state index contributed by atoms with van der Waals surface area (Å²) in [6.07, 6.45) is 0.456. The number of nitrogens with zero attached hydrogens (tertiary/aromatic N) is 1. The van der Waals surface area contributed by atoms with Gasteiger partial charge in [0, 0.05) is 17.5 Å². The first-order valence-electron chi connectivity index (χ1n) is 8.98. The lowest BCUT2D eigenvalue weighted by molar-refractivity contribution is 0.315. The third-order valence-electron chi connectivity index (χ3n) is 4.34. The molecule has 1 aromatic heterocycles. The number of aromatic nitrogens is 2. The summed E-state index contributed by atoms with van der Waals surface area (Å²) in [5, 5.41) is 0. The molecule has 0 aliphatic carbocycles. The maximum atomic E-state index is 12.6. The fraction of sp³-hybridized carbons (Fsp3) is 0.238. The Morgan fingerprint density at radius 2 is 1.85 bits per heavy atom. The van der Waals surface area contributed by atoms with E-state index in [1.54, 1.807) is 0 Å². The number of nitrogens with one attached hydrogen (secondary N) is 1. The SMILES string of the molecule is CCOc1ccc(-c2nc3c(c(=O)[nH]2)Cc2cccc(OCC)c2O3)cc1. The van der Waals surface area contributed by atoms with Crippen LogP contribution in [-0.2, 0) is 6.42 Å². The zero-order valence-corrected chi connectivity index (χ0v) is 15.2. The van der Waals surface area contributed by atoms with Crippen molar-refractivity contribution < 1.29 is 14.2 Å². The highest BCUT2D eigenvalue weighted by Gasteiger charge is 2.25. The lowest BCUT2D eigenvalue weighted by Gasteiger charge is -2.21.